The third kappa shape index (κ3) is 1.49. The topological polar surface area (TPSA) is 0 Å². The first-order chi connectivity index (χ1) is 6.61. The fraction of sp³-hybridized carbons (Fsp3) is 0.111. The average Bonchev–Trinajstić information content (AvgIpc) is 2.43. The zero-order chi connectivity index (χ0) is 10.3. The van der Waals surface area contributed by atoms with Crippen LogP contribution in [-0.2, 0) is 0 Å². The van der Waals surface area contributed by atoms with Crippen LogP contribution in [0.3, 0.4) is 0 Å². The molecule has 0 saturated heterocycles. The van der Waals surface area contributed by atoms with Gasteiger partial charge in [-0.3, -0.25) is 0 Å². The Morgan fingerprint density at radius 1 is 1.21 bits per heavy atom. The number of rotatable bonds is 1. The Kier molecular flexibility index (Phi) is 2.64. The Morgan fingerprint density at radius 2 is 1.93 bits per heavy atom. The van der Waals surface area contributed by atoms with Gasteiger partial charge in [0.05, 0.1) is 5.02 Å². The molecule has 1 aromatic heterocycles. The molecular formula is C9H4Cl2F2S. The molecule has 0 radical (unpaired) electrons. The van der Waals surface area contributed by atoms with Crippen molar-refractivity contribution in [1.29, 1.82) is 0 Å². The van der Waals surface area contributed by atoms with Gasteiger partial charge in [-0.15, -0.1) is 11.3 Å². The summed E-state index contributed by atoms with van der Waals surface area (Å²) in [5, 5.41) is 0.952. The maximum absolute atomic E-state index is 12.6. The van der Waals surface area contributed by atoms with E-state index in [1.54, 1.807) is 12.1 Å². The largest absolute Gasteiger partial charge is 0.265 e. The Bertz CT molecular complexity index is 479. The molecule has 5 heteroatoms. The van der Waals surface area contributed by atoms with Gasteiger partial charge in [0.1, 0.15) is 4.34 Å². The van der Waals surface area contributed by atoms with Crippen molar-refractivity contribution in [1.82, 2.24) is 0 Å². The second-order valence-electron chi connectivity index (χ2n) is 2.71. The first-order valence-corrected chi connectivity index (χ1v) is 5.33. The number of hydrogen-bond donors (Lipinski definition) is 0. The van der Waals surface area contributed by atoms with Crippen molar-refractivity contribution in [2.75, 3.05) is 0 Å². The minimum absolute atomic E-state index is 0.0127. The highest BCUT2D eigenvalue weighted by atomic mass is 35.5. The summed E-state index contributed by atoms with van der Waals surface area (Å²) in [4.78, 5) is 0. The van der Waals surface area contributed by atoms with Crippen LogP contribution in [0.25, 0.3) is 10.1 Å². The molecule has 74 valence electrons. The number of hydrogen-bond acceptors (Lipinski definition) is 1. The summed E-state index contributed by atoms with van der Waals surface area (Å²) in [6.45, 7) is 0. The van der Waals surface area contributed by atoms with Crippen molar-refractivity contribution in [3.8, 4) is 0 Å². The lowest BCUT2D eigenvalue weighted by atomic mass is 10.2. The van der Waals surface area contributed by atoms with Crippen LogP contribution >= 0.6 is 34.5 Å². The summed E-state index contributed by atoms with van der Waals surface area (Å²) >= 11 is 12.7. The van der Waals surface area contributed by atoms with E-state index in [9.17, 15) is 8.78 Å². The van der Waals surface area contributed by atoms with Gasteiger partial charge < -0.3 is 0 Å². The van der Waals surface area contributed by atoms with Crippen molar-refractivity contribution in [3.63, 3.8) is 0 Å². The van der Waals surface area contributed by atoms with E-state index in [1.807, 2.05) is 0 Å². The van der Waals surface area contributed by atoms with Crippen molar-refractivity contribution in [2.24, 2.45) is 0 Å². The van der Waals surface area contributed by atoms with Crippen LogP contribution in [0.15, 0.2) is 18.2 Å². The van der Waals surface area contributed by atoms with Crippen LogP contribution in [0.2, 0.25) is 9.36 Å². The summed E-state index contributed by atoms with van der Waals surface area (Å²) in [5.74, 6) is 0. The van der Waals surface area contributed by atoms with Crippen molar-refractivity contribution in [3.05, 3.63) is 33.1 Å². The number of alkyl halides is 2. The highest BCUT2D eigenvalue weighted by molar-refractivity contribution is 7.23. The molecule has 0 spiro atoms. The van der Waals surface area contributed by atoms with Crippen LogP contribution in [0.4, 0.5) is 8.78 Å². The van der Waals surface area contributed by atoms with Gasteiger partial charge in [-0.2, -0.15) is 0 Å². The van der Waals surface area contributed by atoms with Gasteiger partial charge in [0.15, 0.2) is 0 Å². The molecule has 0 aliphatic carbocycles. The van der Waals surface area contributed by atoms with E-state index in [1.165, 1.54) is 6.07 Å². The molecular weight excluding hydrogens is 249 g/mol. The van der Waals surface area contributed by atoms with Crippen molar-refractivity contribution < 1.29 is 8.78 Å². The quantitative estimate of drug-likeness (QED) is 0.659. The zero-order valence-electron chi connectivity index (χ0n) is 6.73. The number of halogens is 4. The molecule has 0 aliphatic heterocycles. The fourth-order valence-electron chi connectivity index (χ4n) is 1.25. The Morgan fingerprint density at radius 3 is 2.57 bits per heavy atom. The summed E-state index contributed by atoms with van der Waals surface area (Å²) in [7, 11) is 0. The highest BCUT2D eigenvalue weighted by Crippen LogP contribution is 2.42. The van der Waals surface area contributed by atoms with Crippen molar-refractivity contribution in [2.45, 2.75) is 6.43 Å². The van der Waals surface area contributed by atoms with Gasteiger partial charge in [0.2, 0.25) is 0 Å². The number of fused-ring (bicyclic) bond motifs is 1. The molecule has 0 amide bonds. The molecule has 0 nitrogen and oxygen atoms in total. The monoisotopic (exact) mass is 252 g/mol. The van der Waals surface area contributed by atoms with E-state index in [2.05, 4.69) is 0 Å². The smallest absolute Gasteiger partial charge is 0.205 e. The maximum Gasteiger partial charge on any atom is 0.265 e. The molecule has 2 rings (SSSR count). The number of thiophene rings is 1. The van der Waals surface area contributed by atoms with Gasteiger partial charge in [-0.25, -0.2) is 8.78 Å². The molecule has 0 unspecified atom stereocenters. The molecule has 2 aromatic rings. The molecule has 0 aliphatic rings. The third-order valence-electron chi connectivity index (χ3n) is 1.88. The first kappa shape index (κ1) is 10.1. The van der Waals surface area contributed by atoms with Gasteiger partial charge in [0, 0.05) is 15.6 Å². The van der Waals surface area contributed by atoms with Crippen LogP contribution in [0.5, 0.6) is 0 Å². The minimum Gasteiger partial charge on any atom is -0.205 e. The minimum atomic E-state index is -2.50. The summed E-state index contributed by atoms with van der Waals surface area (Å²) in [6.07, 6.45) is -2.50. The molecule has 14 heavy (non-hydrogen) atoms. The molecule has 1 heterocycles. The summed E-state index contributed by atoms with van der Waals surface area (Å²) < 4.78 is 25.9. The molecule has 0 saturated carbocycles. The lowest BCUT2D eigenvalue weighted by molar-refractivity contribution is 0.153. The predicted molar refractivity (Wildman–Crippen MR) is 56.8 cm³/mol. The van der Waals surface area contributed by atoms with E-state index < -0.39 is 6.43 Å². The molecule has 0 atom stereocenters. The molecule has 1 aromatic carbocycles. The van der Waals surface area contributed by atoms with E-state index in [0.717, 1.165) is 11.3 Å². The van der Waals surface area contributed by atoms with E-state index in [-0.39, 0.29) is 5.56 Å². The van der Waals surface area contributed by atoms with E-state index in [4.69, 9.17) is 23.2 Å². The zero-order valence-corrected chi connectivity index (χ0v) is 9.06. The standard InChI is InChI=1S/C9H4Cl2F2S/c10-6-4-2-1-3-5(9(12)13)7(4)14-8(6)11/h1-3,9H. The normalized spacial score (nSPS) is 11.5. The lowest BCUT2D eigenvalue weighted by Gasteiger charge is -1.99. The van der Waals surface area contributed by atoms with Crippen LogP contribution in [0.1, 0.15) is 12.0 Å². The fourth-order valence-corrected chi connectivity index (χ4v) is 2.85. The number of benzene rings is 1. The van der Waals surface area contributed by atoms with Gasteiger partial charge in [-0.1, -0.05) is 41.4 Å². The average molecular weight is 253 g/mol. The van der Waals surface area contributed by atoms with E-state index in [0.29, 0.717) is 19.4 Å². The Labute approximate surface area is 93.1 Å². The second-order valence-corrected chi connectivity index (χ2v) is 4.72. The van der Waals surface area contributed by atoms with Crippen LogP contribution in [0, 0.1) is 0 Å². The van der Waals surface area contributed by atoms with Gasteiger partial charge >= 0.3 is 0 Å². The predicted octanol–water partition coefficient (Wildman–Crippen LogP) is 5.15. The Balaban J connectivity index is 2.81. The van der Waals surface area contributed by atoms with Gasteiger partial charge in [0.25, 0.3) is 6.43 Å². The summed E-state index contributed by atoms with van der Waals surface area (Å²) in [6, 6.07) is 4.63. The second kappa shape index (κ2) is 3.65. The van der Waals surface area contributed by atoms with Gasteiger partial charge in [-0.05, 0) is 0 Å². The highest BCUT2D eigenvalue weighted by Gasteiger charge is 2.16. The van der Waals surface area contributed by atoms with E-state index >= 15 is 0 Å². The van der Waals surface area contributed by atoms with Crippen LogP contribution in [-0.4, -0.2) is 0 Å². The van der Waals surface area contributed by atoms with Crippen molar-refractivity contribution >= 4 is 44.6 Å². The molecule has 0 bridgehead atoms. The van der Waals surface area contributed by atoms with Crippen LogP contribution < -0.4 is 0 Å². The molecule has 0 N–H and O–H groups in total. The summed E-state index contributed by atoms with van der Waals surface area (Å²) in [5.41, 5.74) is -0.0127. The first-order valence-electron chi connectivity index (χ1n) is 3.76. The third-order valence-corrected chi connectivity index (χ3v) is 3.95. The molecule has 0 fully saturated rings. The SMILES string of the molecule is FC(F)c1cccc2c(Cl)c(Cl)sc12. The maximum atomic E-state index is 12.6. The Hall–Kier alpha value is -0.380. The lowest BCUT2D eigenvalue weighted by Crippen LogP contribution is -1.82.